The van der Waals surface area contributed by atoms with E-state index in [1.54, 1.807) is 12.1 Å². The number of benzene rings is 2. The van der Waals surface area contributed by atoms with E-state index >= 15 is 0 Å². The van der Waals surface area contributed by atoms with E-state index < -0.39 is 5.60 Å². The van der Waals surface area contributed by atoms with Crippen molar-refractivity contribution in [1.29, 1.82) is 0 Å². The van der Waals surface area contributed by atoms with Crippen LogP contribution in [0.1, 0.15) is 36.8 Å². The Morgan fingerprint density at radius 1 is 1.08 bits per heavy atom. The Bertz CT molecular complexity index is 685. The van der Waals surface area contributed by atoms with Gasteiger partial charge >= 0.3 is 0 Å². The van der Waals surface area contributed by atoms with E-state index in [1.807, 2.05) is 0 Å². The molecule has 0 radical (unpaired) electrons. The molecular formula is C23H30FNO. The van der Waals surface area contributed by atoms with Crippen molar-refractivity contribution in [3.05, 3.63) is 71.5 Å². The molecule has 140 valence electrons. The SMILES string of the molecule is CN(C)CC1CC(CCc2ccccc2)CCC1(O)c1ccc(F)cc1. The molecule has 3 unspecified atom stereocenters. The van der Waals surface area contributed by atoms with Crippen LogP contribution in [0.5, 0.6) is 0 Å². The Labute approximate surface area is 156 Å². The van der Waals surface area contributed by atoms with E-state index in [1.165, 1.54) is 17.7 Å². The van der Waals surface area contributed by atoms with Crippen molar-refractivity contribution in [3.63, 3.8) is 0 Å². The van der Waals surface area contributed by atoms with Crippen molar-refractivity contribution in [1.82, 2.24) is 4.90 Å². The van der Waals surface area contributed by atoms with Crippen molar-refractivity contribution in [2.24, 2.45) is 11.8 Å². The minimum atomic E-state index is -0.860. The van der Waals surface area contributed by atoms with Gasteiger partial charge in [-0.3, -0.25) is 0 Å². The Morgan fingerprint density at radius 3 is 2.42 bits per heavy atom. The normalized spacial score (nSPS) is 26.2. The first-order valence-corrected chi connectivity index (χ1v) is 9.64. The minimum absolute atomic E-state index is 0.164. The summed E-state index contributed by atoms with van der Waals surface area (Å²) in [5.41, 5.74) is 1.38. The van der Waals surface area contributed by atoms with Crippen LogP contribution >= 0.6 is 0 Å². The van der Waals surface area contributed by atoms with E-state index in [0.29, 0.717) is 5.92 Å². The number of hydrogen-bond donors (Lipinski definition) is 1. The summed E-state index contributed by atoms with van der Waals surface area (Å²) in [5, 5.41) is 11.5. The summed E-state index contributed by atoms with van der Waals surface area (Å²) >= 11 is 0. The lowest BCUT2D eigenvalue weighted by molar-refractivity contribution is -0.0761. The minimum Gasteiger partial charge on any atom is -0.385 e. The van der Waals surface area contributed by atoms with Crippen LogP contribution in [-0.4, -0.2) is 30.6 Å². The summed E-state index contributed by atoms with van der Waals surface area (Å²) < 4.78 is 13.3. The zero-order chi connectivity index (χ0) is 18.6. The van der Waals surface area contributed by atoms with E-state index in [2.05, 4.69) is 49.3 Å². The van der Waals surface area contributed by atoms with Gasteiger partial charge in [0.25, 0.3) is 0 Å². The molecule has 0 bridgehead atoms. The van der Waals surface area contributed by atoms with Crippen molar-refractivity contribution >= 4 is 0 Å². The second kappa shape index (κ2) is 8.32. The van der Waals surface area contributed by atoms with Gasteiger partial charge in [-0.2, -0.15) is 0 Å². The molecule has 1 saturated carbocycles. The lowest BCUT2D eigenvalue weighted by Crippen LogP contribution is -2.45. The Morgan fingerprint density at radius 2 is 1.77 bits per heavy atom. The molecule has 0 amide bonds. The average molecular weight is 355 g/mol. The van der Waals surface area contributed by atoms with Gasteiger partial charge in [-0.05, 0) is 75.4 Å². The molecule has 1 N–H and O–H groups in total. The van der Waals surface area contributed by atoms with Crippen LogP contribution in [0.2, 0.25) is 0 Å². The lowest BCUT2D eigenvalue weighted by Gasteiger charge is -2.44. The maximum Gasteiger partial charge on any atom is 0.123 e. The molecule has 1 aliphatic rings. The Hall–Kier alpha value is -1.71. The zero-order valence-corrected chi connectivity index (χ0v) is 15.9. The summed E-state index contributed by atoms with van der Waals surface area (Å²) in [4.78, 5) is 2.15. The molecule has 2 aromatic rings. The van der Waals surface area contributed by atoms with Crippen LogP contribution in [-0.2, 0) is 12.0 Å². The second-order valence-corrected chi connectivity index (χ2v) is 8.05. The van der Waals surface area contributed by atoms with Crippen LogP contribution in [0.25, 0.3) is 0 Å². The van der Waals surface area contributed by atoms with Gasteiger partial charge in [-0.1, -0.05) is 42.5 Å². The van der Waals surface area contributed by atoms with Crippen LogP contribution < -0.4 is 0 Å². The molecule has 26 heavy (non-hydrogen) atoms. The van der Waals surface area contributed by atoms with Gasteiger partial charge in [0, 0.05) is 12.5 Å². The molecule has 2 aromatic carbocycles. The Balaban J connectivity index is 1.71. The molecule has 3 rings (SSSR count). The molecule has 0 aliphatic heterocycles. The summed E-state index contributed by atoms with van der Waals surface area (Å²) in [6.07, 6.45) is 5.03. The molecule has 0 spiro atoms. The second-order valence-electron chi connectivity index (χ2n) is 8.05. The standard InChI is InChI=1S/C23H30FNO/c1-25(2)17-21-16-19(9-8-18-6-4-3-5-7-18)14-15-23(21,26)20-10-12-22(24)13-11-20/h3-7,10-13,19,21,26H,8-9,14-17H2,1-2H3. The summed E-state index contributed by atoms with van der Waals surface area (Å²) in [6, 6.07) is 17.0. The fourth-order valence-corrected chi connectivity index (χ4v) is 4.41. The van der Waals surface area contributed by atoms with Crippen LogP contribution in [0, 0.1) is 17.7 Å². The molecule has 2 nitrogen and oxygen atoms in total. The average Bonchev–Trinajstić information content (AvgIpc) is 2.63. The van der Waals surface area contributed by atoms with Gasteiger partial charge in [0.05, 0.1) is 5.60 Å². The lowest BCUT2D eigenvalue weighted by atomic mass is 9.66. The number of rotatable bonds is 6. The first kappa shape index (κ1) is 19.1. The van der Waals surface area contributed by atoms with Crippen LogP contribution in [0.15, 0.2) is 54.6 Å². The number of halogens is 1. The molecule has 3 heteroatoms. The topological polar surface area (TPSA) is 23.5 Å². The number of nitrogens with zero attached hydrogens (tertiary/aromatic N) is 1. The molecule has 1 aliphatic carbocycles. The highest BCUT2D eigenvalue weighted by atomic mass is 19.1. The molecule has 0 saturated heterocycles. The number of hydrogen-bond acceptors (Lipinski definition) is 2. The van der Waals surface area contributed by atoms with Crippen molar-refractivity contribution in [2.75, 3.05) is 20.6 Å². The third kappa shape index (κ3) is 4.52. The maximum absolute atomic E-state index is 13.3. The van der Waals surface area contributed by atoms with Crippen LogP contribution in [0.3, 0.4) is 0 Å². The molecule has 3 atom stereocenters. The number of aryl methyl sites for hydroxylation is 1. The zero-order valence-electron chi connectivity index (χ0n) is 15.9. The third-order valence-corrected chi connectivity index (χ3v) is 5.84. The summed E-state index contributed by atoms with van der Waals surface area (Å²) in [7, 11) is 4.11. The maximum atomic E-state index is 13.3. The molecule has 0 heterocycles. The van der Waals surface area contributed by atoms with Gasteiger partial charge in [-0.25, -0.2) is 4.39 Å². The first-order chi connectivity index (χ1) is 12.5. The smallest absolute Gasteiger partial charge is 0.123 e. The van der Waals surface area contributed by atoms with Crippen molar-refractivity contribution < 1.29 is 9.50 Å². The molecular weight excluding hydrogens is 325 g/mol. The summed E-state index contributed by atoms with van der Waals surface area (Å²) in [5.74, 6) is 0.538. The van der Waals surface area contributed by atoms with Gasteiger partial charge in [0.15, 0.2) is 0 Å². The molecule has 1 fully saturated rings. The van der Waals surface area contributed by atoms with Crippen molar-refractivity contribution in [2.45, 2.75) is 37.7 Å². The fourth-order valence-electron chi connectivity index (χ4n) is 4.41. The first-order valence-electron chi connectivity index (χ1n) is 9.64. The highest BCUT2D eigenvalue weighted by molar-refractivity contribution is 5.25. The van der Waals surface area contributed by atoms with E-state index in [4.69, 9.17) is 0 Å². The fraction of sp³-hybridized carbons (Fsp3) is 0.478. The van der Waals surface area contributed by atoms with E-state index in [9.17, 15) is 9.50 Å². The van der Waals surface area contributed by atoms with Gasteiger partial charge in [0.1, 0.15) is 5.82 Å². The van der Waals surface area contributed by atoms with E-state index in [0.717, 1.165) is 44.2 Å². The van der Waals surface area contributed by atoms with Gasteiger partial charge < -0.3 is 10.0 Å². The monoisotopic (exact) mass is 355 g/mol. The highest BCUT2D eigenvalue weighted by Crippen LogP contribution is 2.45. The van der Waals surface area contributed by atoms with E-state index in [-0.39, 0.29) is 11.7 Å². The summed E-state index contributed by atoms with van der Waals surface area (Å²) in [6.45, 7) is 0.843. The highest BCUT2D eigenvalue weighted by Gasteiger charge is 2.43. The Kier molecular flexibility index (Phi) is 6.10. The van der Waals surface area contributed by atoms with Gasteiger partial charge in [-0.15, -0.1) is 0 Å². The largest absolute Gasteiger partial charge is 0.385 e. The predicted molar refractivity (Wildman–Crippen MR) is 104 cm³/mol. The van der Waals surface area contributed by atoms with Gasteiger partial charge in [0.2, 0.25) is 0 Å². The number of aliphatic hydroxyl groups is 1. The van der Waals surface area contributed by atoms with Crippen molar-refractivity contribution in [3.8, 4) is 0 Å². The quantitative estimate of drug-likeness (QED) is 0.817. The molecule has 0 aromatic heterocycles. The van der Waals surface area contributed by atoms with Crippen LogP contribution in [0.4, 0.5) is 4.39 Å². The third-order valence-electron chi connectivity index (χ3n) is 5.84. The predicted octanol–water partition coefficient (Wildman–Crippen LogP) is 4.62.